The fraction of sp³-hybridized carbons (Fsp3) is 0.750. The van der Waals surface area contributed by atoms with Crippen molar-refractivity contribution in [2.24, 2.45) is 0 Å². The van der Waals surface area contributed by atoms with Crippen LogP contribution in [0.2, 0.25) is 0 Å². The number of amides is 1. The van der Waals surface area contributed by atoms with Crippen molar-refractivity contribution in [3.05, 3.63) is 0 Å². The third kappa shape index (κ3) is 2.29. The number of nitrogens with zero attached hydrogens (tertiary/aromatic N) is 1. The smallest absolute Gasteiger partial charge is 0.450 e. The molecule has 0 atom stereocenters. The molecule has 0 unspecified atom stereocenters. The Morgan fingerprint density at radius 2 is 1.67 bits per heavy atom. The maximum absolute atomic E-state index is 10.4. The lowest BCUT2D eigenvalue weighted by molar-refractivity contribution is -0.308. The van der Waals surface area contributed by atoms with Crippen LogP contribution in [0.3, 0.4) is 0 Å². The summed E-state index contributed by atoms with van der Waals surface area (Å²) in [6.07, 6.45) is -0.694. The van der Waals surface area contributed by atoms with Gasteiger partial charge in [-0.1, -0.05) is 0 Å². The highest BCUT2D eigenvalue weighted by Crippen LogP contribution is 1.90. The first-order valence-electron chi connectivity index (χ1n) is 2.22. The molecule has 5 heteroatoms. The summed E-state index contributed by atoms with van der Waals surface area (Å²) in [5, 5.41) is 0.611. The molecule has 0 fully saturated rings. The zero-order valence-corrected chi connectivity index (χ0v) is 5.58. The van der Waals surface area contributed by atoms with Crippen molar-refractivity contribution in [2.45, 2.75) is 0 Å². The van der Waals surface area contributed by atoms with E-state index in [1.165, 1.54) is 21.3 Å². The topological polar surface area (TPSA) is 48.0 Å². The molecule has 0 aliphatic heterocycles. The first-order chi connectivity index (χ1) is 4.26. The Morgan fingerprint density at radius 3 is 1.78 bits per heavy atom. The minimum atomic E-state index is -0.694. The van der Waals surface area contributed by atoms with Gasteiger partial charge in [0.2, 0.25) is 0 Å². The number of hydroxylamine groups is 2. The van der Waals surface area contributed by atoms with Gasteiger partial charge in [0, 0.05) is 0 Å². The zero-order chi connectivity index (χ0) is 7.28. The quantitative estimate of drug-likeness (QED) is 0.506. The Kier molecular flexibility index (Phi) is 3.74. The maximum Gasteiger partial charge on any atom is 0.459 e. The Bertz CT molecular complexity index is 90.6. The highest BCUT2D eigenvalue weighted by molar-refractivity contribution is 5.64. The van der Waals surface area contributed by atoms with Gasteiger partial charge in [-0.25, -0.2) is 14.5 Å². The fourth-order valence-corrected chi connectivity index (χ4v) is 0.298. The van der Waals surface area contributed by atoms with Crippen molar-refractivity contribution in [2.75, 3.05) is 21.3 Å². The number of hydrogen-bond acceptors (Lipinski definition) is 4. The molecule has 5 nitrogen and oxygen atoms in total. The first kappa shape index (κ1) is 8.19. The number of carbonyl (C=O) groups excluding carboxylic acids is 1. The maximum atomic E-state index is 10.4. The van der Waals surface area contributed by atoms with Crippen molar-refractivity contribution in [1.82, 2.24) is 5.23 Å². The molecule has 0 radical (unpaired) electrons. The highest BCUT2D eigenvalue weighted by Gasteiger charge is 2.10. The predicted octanol–water partition coefficient (Wildman–Crippen LogP) is 0.178. The standard InChI is InChI=1S/C4H9NO4/c1-7-4(6)5(8-2)9-3/h1-3H3. The van der Waals surface area contributed by atoms with Crippen LogP contribution < -0.4 is 0 Å². The van der Waals surface area contributed by atoms with Gasteiger partial charge in [-0.2, -0.15) is 0 Å². The molecule has 0 aliphatic rings. The monoisotopic (exact) mass is 135 g/mol. The van der Waals surface area contributed by atoms with E-state index in [0.29, 0.717) is 5.23 Å². The number of ether oxygens (including phenoxy) is 1. The molecule has 0 saturated heterocycles. The third-order valence-corrected chi connectivity index (χ3v) is 0.655. The average Bonchev–Trinajstić information content (AvgIpc) is 1.90. The molecule has 0 aromatic rings. The molecule has 0 heterocycles. The van der Waals surface area contributed by atoms with Crippen molar-refractivity contribution in [3.63, 3.8) is 0 Å². The van der Waals surface area contributed by atoms with Gasteiger partial charge in [0.05, 0.1) is 21.3 Å². The van der Waals surface area contributed by atoms with E-state index in [1.807, 2.05) is 0 Å². The molecule has 0 rings (SSSR count). The van der Waals surface area contributed by atoms with Crippen LogP contribution in [-0.4, -0.2) is 32.6 Å². The molecular weight excluding hydrogens is 126 g/mol. The number of rotatable bonds is 2. The van der Waals surface area contributed by atoms with Crippen LogP contribution in [-0.2, 0) is 14.4 Å². The van der Waals surface area contributed by atoms with Gasteiger partial charge in [0.1, 0.15) is 0 Å². The minimum absolute atomic E-state index is 0.611. The van der Waals surface area contributed by atoms with Crippen molar-refractivity contribution >= 4 is 6.09 Å². The van der Waals surface area contributed by atoms with E-state index in [4.69, 9.17) is 0 Å². The van der Waals surface area contributed by atoms with Gasteiger partial charge in [-0.05, 0) is 5.23 Å². The molecule has 0 N–H and O–H groups in total. The Balaban J connectivity index is 3.64. The molecule has 0 bridgehead atoms. The second-order valence-electron chi connectivity index (χ2n) is 1.09. The normalized spacial score (nSPS) is 8.78. The highest BCUT2D eigenvalue weighted by atomic mass is 17.0. The van der Waals surface area contributed by atoms with Gasteiger partial charge in [-0.3, -0.25) is 0 Å². The predicted molar refractivity (Wildman–Crippen MR) is 28.3 cm³/mol. The molecular formula is C4H9NO4. The summed E-state index contributed by atoms with van der Waals surface area (Å²) >= 11 is 0. The molecule has 54 valence electrons. The van der Waals surface area contributed by atoms with Gasteiger partial charge in [-0.15, -0.1) is 0 Å². The second kappa shape index (κ2) is 4.11. The number of hydrogen-bond donors (Lipinski definition) is 0. The molecule has 0 aromatic heterocycles. The van der Waals surface area contributed by atoms with Crippen LogP contribution in [0.5, 0.6) is 0 Å². The van der Waals surface area contributed by atoms with Crippen LogP contribution >= 0.6 is 0 Å². The van der Waals surface area contributed by atoms with E-state index in [-0.39, 0.29) is 0 Å². The Hall–Kier alpha value is -0.810. The SMILES string of the molecule is COC(=O)N(OC)OC. The summed E-state index contributed by atoms with van der Waals surface area (Å²) in [5.74, 6) is 0. The summed E-state index contributed by atoms with van der Waals surface area (Å²) < 4.78 is 4.23. The molecule has 1 amide bonds. The van der Waals surface area contributed by atoms with E-state index in [0.717, 1.165) is 0 Å². The minimum Gasteiger partial charge on any atom is -0.450 e. The summed E-state index contributed by atoms with van der Waals surface area (Å²) in [6.45, 7) is 0. The van der Waals surface area contributed by atoms with E-state index in [9.17, 15) is 4.79 Å². The number of carbonyl (C=O) groups is 1. The lowest BCUT2D eigenvalue weighted by atomic mass is 11.2. The summed E-state index contributed by atoms with van der Waals surface area (Å²) in [7, 11) is 3.81. The summed E-state index contributed by atoms with van der Waals surface area (Å²) in [4.78, 5) is 19.2. The van der Waals surface area contributed by atoms with Crippen molar-refractivity contribution < 1.29 is 19.2 Å². The zero-order valence-electron chi connectivity index (χ0n) is 5.58. The van der Waals surface area contributed by atoms with Crippen LogP contribution in [0.15, 0.2) is 0 Å². The molecule has 9 heavy (non-hydrogen) atoms. The second-order valence-corrected chi connectivity index (χ2v) is 1.09. The lowest BCUT2D eigenvalue weighted by Crippen LogP contribution is -2.28. The summed E-state index contributed by atoms with van der Waals surface area (Å²) in [5.41, 5.74) is 0. The molecule has 0 spiro atoms. The van der Waals surface area contributed by atoms with Gasteiger partial charge in [0.25, 0.3) is 0 Å². The van der Waals surface area contributed by atoms with Crippen molar-refractivity contribution in [1.29, 1.82) is 0 Å². The largest absolute Gasteiger partial charge is 0.459 e. The van der Waals surface area contributed by atoms with Crippen LogP contribution in [0.25, 0.3) is 0 Å². The lowest BCUT2D eigenvalue weighted by Gasteiger charge is -2.12. The molecule has 0 aliphatic carbocycles. The Labute approximate surface area is 53.0 Å². The van der Waals surface area contributed by atoms with E-state index >= 15 is 0 Å². The fourth-order valence-electron chi connectivity index (χ4n) is 0.298. The van der Waals surface area contributed by atoms with E-state index in [1.54, 1.807) is 0 Å². The van der Waals surface area contributed by atoms with Gasteiger partial charge >= 0.3 is 6.09 Å². The Morgan fingerprint density at radius 1 is 1.22 bits per heavy atom. The third-order valence-electron chi connectivity index (χ3n) is 0.655. The molecule has 0 aromatic carbocycles. The van der Waals surface area contributed by atoms with Crippen LogP contribution in [0.4, 0.5) is 4.79 Å². The van der Waals surface area contributed by atoms with Gasteiger partial charge in [0.15, 0.2) is 0 Å². The summed E-state index contributed by atoms with van der Waals surface area (Å²) in [6, 6.07) is 0. The van der Waals surface area contributed by atoms with Crippen LogP contribution in [0.1, 0.15) is 0 Å². The molecule has 0 saturated carbocycles. The van der Waals surface area contributed by atoms with E-state index < -0.39 is 6.09 Å². The first-order valence-corrected chi connectivity index (χ1v) is 2.22. The van der Waals surface area contributed by atoms with Crippen molar-refractivity contribution in [3.8, 4) is 0 Å². The number of methoxy groups -OCH3 is 1. The van der Waals surface area contributed by atoms with Gasteiger partial charge < -0.3 is 4.74 Å². The average molecular weight is 135 g/mol. The van der Waals surface area contributed by atoms with Crippen LogP contribution in [0, 0.1) is 0 Å². The van der Waals surface area contributed by atoms with E-state index in [2.05, 4.69) is 14.4 Å².